The third kappa shape index (κ3) is 2.96. The minimum Gasteiger partial charge on any atom is -0.490 e. The van der Waals surface area contributed by atoms with Crippen molar-refractivity contribution in [3.63, 3.8) is 0 Å². The van der Waals surface area contributed by atoms with E-state index < -0.39 is 0 Å². The first-order chi connectivity index (χ1) is 10.00. The van der Waals surface area contributed by atoms with Crippen molar-refractivity contribution in [2.75, 3.05) is 19.8 Å². The molecule has 2 aliphatic rings. The number of ether oxygens (including phenoxy) is 4. The Bertz CT molecular complexity index is 574. The van der Waals surface area contributed by atoms with E-state index in [4.69, 9.17) is 18.9 Å². The minimum absolute atomic E-state index is 0.329. The molecular formula is C16H19BrO4. The molecule has 0 N–H and O–H groups in total. The van der Waals surface area contributed by atoms with Crippen LogP contribution >= 0.6 is 15.9 Å². The number of rotatable bonds is 3. The fourth-order valence-electron chi connectivity index (χ4n) is 2.53. The van der Waals surface area contributed by atoms with Crippen LogP contribution in [0.25, 0.3) is 4.48 Å². The van der Waals surface area contributed by atoms with Crippen molar-refractivity contribution in [3.05, 3.63) is 29.3 Å². The Morgan fingerprint density at radius 2 is 2.00 bits per heavy atom. The number of hydrogen-bond acceptors (Lipinski definition) is 4. The highest BCUT2D eigenvalue weighted by atomic mass is 79.9. The van der Waals surface area contributed by atoms with Crippen LogP contribution < -0.4 is 9.47 Å². The number of benzene rings is 1. The van der Waals surface area contributed by atoms with Gasteiger partial charge in [0.15, 0.2) is 17.8 Å². The summed E-state index contributed by atoms with van der Waals surface area (Å²) in [5, 5.41) is 0. The highest BCUT2D eigenvalue weighted by molar-refractivity contribution is 9.15. The average molecular weight is 355 g/mol. The van der Waals surface area contributed by atoms with E-state index in [-0.39, 0.29) is 11.9 Å². The molecule has 1 saturated heterocycles. The Hall–Kier alpha value is -1.04. The van der Waals surface area contributed by atoms with Gasteiger partial charge in [0.05, 0.1) is 19.8 Å². The van der Waals surface area contributed by atoms with E-state index in [0.717, 1.165) is 27.1 Å². The molecule has 1 fully saturated rings. The van der Waals surface area contributed by atoms with E-state index in [1.165, 1.54) is 0 Å². The molecule has 0 bridgehead atoms. The third-order valence-corrected chi connectivity index (χ3v) is 4.02. The van der Waals surface area contributed by atoms with Gasteiger partial charge in [0, 0.05) is 15.6 Å². The maximum absolute atomic E-state index is 6.08. The van der Waals surface area contributed by atoms with Crippen molar-refractivity contribution in [1.29, 1.82) is 0 Å². The van der Waals surface area contributed by atoms with E-state index >= 15 is 0 Å². The molecule has 4 nitrogen and oxygen atoms in total. The fourth-order valence-corrected chi connectivity index (χ4v) is 3.38. The van der Waals surface area contributed by atoms with Gasteiger partial charge in [-0.1, -0.05) is 15.9 Å². The van der Waals surface area contributed by atoms with Gasteiger partial charge >= 0.3 is 0 Å². The summed E-state index contributed by atoms with van der Waals surface area (Å²) in [5.41, 5.74) is 1.54. The Morgan fingerprint density at radius 3 is 2.67 bits per heavy atom. The summed E-state index contributed by atoms with van der Waals surface area (Å²) in [5.74, 6) is 1.49. The van der Waals surface area contributed by atoms with E-state index in [9.17, 15) is 0 Å². The first kappa shape index (κ1) is 14.9. The summed E-state index contributed by atoms with van der Waals surface area (Å²) in [6.07, 6.45) is 1.72. The van der Waals surface area contributed by atoms with Gasteiger partial charge in [0.25, 0.3) is 0 Å². The number of fused-ring (bicyclic) bond motifs is 1. The van der Waals surface area contributed by atoms with E-state index in [1.54, 1.807) is 0 Å². The van der Waals surface area contributed by atoms with Gasteiger partial charge in [-0.15, -0.1) is 0 Å². The van der Waals surface area contributed by atoms with Crippen LogP contribution in [0.1, 0.15) is 38.2 Å². The van der Waals surface area contributed by atoms with E-state index in [0.29, 0.717) is 19.8 Å². The minimum atomic E-state index is -0.375. The smallest absolute Gasteiger partial charge is 0.184 e. The summed E-state index contributed by atoms with van der Waals surface area (Å²) >= 11 is 3.63. The molecule has 0 atom stereocenters. The quantitative estimate of drug-likeness (QED) is 0.820. The van der Waals surface area contributed by atoms with Gasteiger partial charge in [-0.3, -0.25) is 0 Å². The second kappa shape index (κ2) is 5.63. The average Bonchev–Trinajstić information content (AvgIpc) is 2.92. The largest absolute Gasteiger partial charge is 0.490 e. The van der Waals surface area contributed by atoms with E-state index in [2.05, 4.69) is 15.9 Å². The zero-order valence-corrected chi connectivity index (χ0v) is 14.0. The maximum atomic E-state index is 6.08. The second-order valence-corrected chi connectivity index (χ2v) is 6.45. The third-order valence-electron chi connectivity index (χ3n) is 3.37. The normalized spacial score (nSPS) is 20.7. The van der Waals surface area contributed by atoms with Crippen LogP contribution in [-0.2, 0) is 9.47 Å². The molecule has 21 heavy (non-hydrogen) atoms. The zero-order chi connectivity index (χ0) is 15.0. The van der Waals surface area contributed by atoms with Crippen molar-refractivity contribution in [2.45, 2.75) is 32.7 Å². The van der Waals surface area contributed by atoms with Crippen LogP contribution in [-0.4, -0.2) is 25.4 Å². The van der Waals surface area contributed by atoms with Crippen LogP contribution in [0.3, 0.4) is 0 Å². The Balaban J connectivity index is 2.08. The molecule has 1 aromatic rings. The molecule has 0 aliphatic carbocycles. The van der Waals surface area contributed by atoms with Gasteiger partial charge in [-0.2, -0.15) is 0 Å². The van der Waals surface area contributed by atoms with Crippen LogP contribution in [0.2, 0.25) is 0 Å². The summed E-state index contributed by atoms with van der Waals surface area (Å²) in [4.78, 5) is 0. The van der Waals surface area contributed by atoms with Crippen molar-refractivity contribution in [2.24, 2.45) is 0 Å². The lowest BCUT2D eigenvalue weighted by atomic mass is 10.00. The molecule has 3 rings (SSSR count). The highest BCUT2D eigenvalue weighted by Gasteiger charge is 2.30. The summed E-state index contributed by atoms with van der Waals surface area (Å²) in [6.45, 7) is 7.81. The molecule has 0 amide bonds. The first-order valence-corrected chi connectivity index (χ1v) is 7.91. The highest BCUT2D eigenvalue weighted by Crippen LogP contribution is 2.46. The Morgan fingerprint density at radius 1 is 1.29 bits per heavy atom. The fraction of sp³-hybridized carbons (Fsp3) is 0.500. The molecule has 0 spiro atoms. The Kier molecular flexibility index (Phi) is 3.99. The predicted molar refractivity (Wildman–Crippen MR) is 83.9 cm³/mol. The van der Waals surface area contributed by atoms with Crippen molar-refractivity contribution < 1.29 is 18.9 Å². The standard InChI is InChI=1S/C16H19BrO4/c1-4-18-13-8-10(15-19-5-6-20-15)7-11-12(17)9-16(2,3)21-14(11)13/h7-9,15H,4-6H2,1-3H3. The first-order valence-electron chi connectivity index (χ1n) is 7.12. The summed E-state index contributed by atoms with van der Waals surface area (Å²) in [7, 11) is 0. The van der Waals surface area contributed by atoms with E-state index in [1.807, 2.05) is 39.0 Å². The lowest BCUT2D eigenvalue weighted by Gasteiger charge is -2.31. The molecule has 2 heterocycles. The van der Waals surface area contributed by atoms with Gasteiger partial charge in [0.2, 0.25) is 0 Å². The van der Waals surface area contributed by atoms with Crippen molar-refractivity contribution in [1.82, 2.24) is 0 Å². The summed E-state index contributed by atoms with van der Waals surface area (Å²) < 4.78 is 24.0. The molecule has 0 unspecified atom stereocenters. The molecule has 0 radical (unpaired) electrons. The molecule has 2 aliphatic heterocycles. The molecule has 0 aromatic heterocycles. The van der Waals surface area contributed by atoms with Crippen molar-refractivity contribution in [3.8, 4) is 11.5 Å². The predicted octanol–water partition coefficient (Wildman–Crippen LogP) is 4.04. The monoisotopic (exact) mass is 354 g/mol. The molecule has 0 saturated carbocycles. The van der Waals surface area contributed by atoms with Gasteiger partial charge in [-0.05, 0) is 39.0 Å². The Labute approximate surface area is 133 Å². The second-order valence-electron chi connectivity index (χ2n) is 5.60. The van der Waals surface area contributed by atoms with Crippen molar-refractivity contribution >= 4 is 20.4 Å². The van der Waals surface area contributed by atoms with Gasteiger partial charge in [-0.25, -0.2) is 0 Å². The number of hydrogen-bond donors (Lipinski definition) is 0. The van der Waals surface area contributed by atoms with Gasteiger partial charge in [0.1, 0.15) is 5.60 Å². The van der Waals surface area contributed by atoms with Crippen LogP contribution in [0.5, 0.6) is 11.5 Å². The van der Waals surface area contributed by atoms with Crippen LogP contribution in [0, 0.1) is 0 Å². The van der Waals surface area contributed by atoms with Crippen LogP contribution in [0.15, 0.2) is 18.2 Å². The molecule has 5 heteroatoms. The summed E-state index contributed by atoms with van der Waals surface area (Å²) in [6, 6.07) is 3.98. The maximum Gasteiger partial charge on any atom is 0.184 e. The molecular weight excluding hydrogens is 336 g/mol. The zero-order valence-electron chi connectivity index (χ0n) is 12.4. The molecule has 114 valence electrons. The number of halogens is 1. The lowest BCUT2D eigenvalue weighted by molar-refractivity contribution is -0.0443. The topological polar surface area (TPSA) is 36.9 Å². The van der Waals surface area contributed by atoms with Crippen LogP contribution in [0.4, 0.5) is 0 Å². The van der Waals surface area contributed by atoms with Gasteiger partial charge < -0.3 is 18.9 Å². The molecule has 1 aromatic carbocycles. The SMILES string of the molecule is CCOc1cc(C2OCCO2)cc2c1OC(C)(C)C=C2Br. The lowest BCUT2D eigenvalue weighted by Crippen LogP contribution is -2.28.